The molecule has 2 aromatic rings. The number of alkyl halides is 3. The van der Waals surface area contributed by atoms with Gasteiger partial charge in [0.25, 0.3) is 0 Å². The molecule has 8 heteroatoms. The van der Waals surface area contributed by atoms with Crippen LogP contribution < -0.4 is 10.2 Å². The van der Waals surface area contributed by atoms with Gasteiger partial charge in [-0.3, -0.25) is 10.4 Å². The first-order chi connectivity index (χ1) is 11.8. The molecule has 0 fully saturated rings. The number of nitrogens with one attached hydrogen (secondary N) is 1. The summed E-state index contributed by atoms with van der Waals surface area (Å²) in [6.45, 7) is 0. The Balaban J connectivity index is 1.89. The molecule has 1 aliphatic rings. The van der Waals surface area contributed by atoms with Crippen LogP contribution in [0.2, 0.25) is 5.02 Å². The first-order valence-electron chi connectivity index (χ1n) is 7.22. The maximum Gasteiger partial charge on any atom is 0.416 e. The third kappa shape index (κ3) is 3.61. The van der Waals surface area contributed by atoms with E-state index in [2.05, 4.69) is 5.43 Å². The van der Waals surface area contributed by atoms with Gasteiger partial charge in [0.1, 0.15) is 17.3 Å². The van der Waals surface area contributed by atoms with Crippen LogP contribution in [0.1, 0.15) is 11.1 Å². The lowest BCUT2D eigenvalue weighted by Crippen LogP contribution is -2.24. The summed E-state index contributed by atoms with van der Waals surface area (Å²) in [5, 5.41) is 1.63. The fourth-order valence-electron chi connectivity index (χ4n) is 2.41. The van der Waals surface area contributed by atoms with Crippen LogP contribution in [0.5, 0.6) is 11.5 Å². The Morgan fingerprint density at radius 2 is 1.88 bits per heavy atom. The molecule has 0 unspecified atom stereocenters. The number of rotatable bonds is 3. The fraction of sp³-hybridized carbons (Fsp3) is 0.176. The Kier molecular flexibility index (Phi) is 4.43. The molecule has 0 amide bonds. The Bertz CT molecular complexity index is 837. The molecule has 2 aromatic carbocycles. The highest BCUT2D eigenvalue weighted by Gasteiger charge is 2.31. The van der Waals surface area contributed by atoms with Crippen molar-refractivity contribution in [3.63, 3.8) is 0 Å². The first-order valence-corrected chi connectivity index (χ1v) is 7.60. The smallest absolute Gasteiger partial charge is 0.416 e. The molecule has 1 N–H and O–H groups in total. The number of anilines is 1. The van der Waals surface area contributed by atoms with Crippen molar-refractivity contribution in [3.8, 4) is 11.5 Å². The molecule has 25 heavy (non-hydrogen) atoms. The van der Waals surface area contributed by atoms with Crippen LogP contribution in [-0.4, -0.2) is 19.2 Å². The summed E-state index contributed by atoms with van der Waals surface area (Å²) in [6.07, 6.45) is -2.69. The molecule has 0 saturated carbocycles. The maximum absolute atomic E-state index is 12.7. The zero-order valence-corrected chi connectivity index (χ0v) is 14.1. The van der Waals surface area contributed by atoms with E-state index >= 15 is 0 Å². The van der Waals surface area contributed by atoms with Crippen LogP contribution in [-0.2, 0) is 10.9 Å². The number of fused-ring (bicyclic) bond motifs is 1. The van der Waals surface area contributed by atoms with E-state index in [0.29, 0.717) is 11.5 Å². The van der Waals surface area contributed by atoms with Gasteiger partial charge in [-0.05, 0) is 36.4 Å². The van der Waals surface area contributed by atoms with Gasteiger partial charge in [-0.15, -0.1) is 0 Å². The SMILES string of the molecule is COC1=CN(C)Nc2ccc(Oc3ccc(C(F)(F)F)cc3Cl)cc21. The van der Waals surface area contributed by atoms with Crippen LogP contribution in [0.25, 0.3) is 5.76 Å². The molecule has 3 rings (SSSR count). The minimum absolute atomic E-state index is 0.118. The Morgan fingerprint density at radius 3 is 2.52 bits per heavy atom. The van der Waals surface area contributed by atoms with Gasteiger partial charge in [-0.1, -0.05) is 11.6 Å². The van der Waals surface area contributed by atoms with E-state index in [9.17, 15) is 13.2 Å². The van der Waals surface area contributed by atoms with Gasteiger partial charge in [0.05, 0.1) is 29.6 Å². The van der Waals surface area contributed by atoms with Crippen molar-refractivity contribution in [2.24, 2.45) is 0 Å². The van der Waals surface area contributed by atoms with Gasteiger partial charge in [0, 0.05) is 12.6 Å². The van der Waals surface area contributed by atoms with E-state index in [0.717, 1.165) is 23.4 Å². The number of hydrogen-bond donors (Lipinski definition) is 1. The van der Waals surface area contributed by atoms with E-state index in [-0.39, 0.29) is 10.8 Å². The van der Waals surface area contributed by atoms with Gasteiger partial charge in [-0.2, -0.15) is 13.2 Å². The van der Waals surface area contributed by atoms with Crippen molar-refractivity contribution in [2.45, 2.75) is 6.18 Å². The number of hydrazine groups is 1. The standard InChI is InChI=1S/C17H14ClF3N2O2/c1-23-9-16(24-2)12-8-11(4-5-14(12)22-23)25-15-6-3-10(7-13(15)18)17(19,20)21/h3-9,22H,1-2H3. The molecule has 0 atom stereocenters. The Labute approximate surface area is 147 Å². The summed E-state index contributed by atoms with van der Waals surface area (Å²) in [5.74, 6) is 1.19. The van der Waals surface area contributed by atoms with Crippen LogP contribution in [0.3, 0.4) is 0 Å². The highest BCUT2D eigenvalue weighted by atomic mass is 35.5. The molecular weight excluding hydrogens is 357 g/mol. The quantitative estimate of drug-likeness (QED) is 0.787. The highest BCUT2D eigenvalue weighted by Crippen LogP contribution is 2.38. The van der Waals surface area contributed by atoms with E-state index in [1.807, 2.05) is 7.05 Å². The number of hydrogen-bond acceptors (Lipinski definition) is 4. The third-order valence-corrected chi connectivity index (χ3v) is 3.87. The summed E-state index contributed by atoms with van der Waals surface area (Å²) in [7, 11) is 3.38. The van der Waals surface area contributed by atoms with Crippen LogP contribution in [0, 0.1) is 0 Å². The van der Waals surface area contributed by atoms with Crippen molar-refractivity contribution < 1.29 is 22.6 Å². The second-order valence-corrected chi connectivity index (χ2v) is 5.78. The molecule has 4 nitrogen and oxygen atoms in total. The third-order valence-electron chi connectivity index (χ3n) is 3.57. The average Bonchev–Trinajstić information content (AvgIpc) is 2.55. The van der Waals surface area contributed by atoms with Crippen LogP contribution >= 0.6 is 11.6 Å². The lowest BCUT2D eigenvalue weighted by atomic mass is 10.1. The molecule has 132 valence electrons. The zero-order valence-electron chi connectivity index (χ0n) is 13.3. The minimum atomic E-state index is -4.45. The molecule has 0 saturated heterocycles. The minimum Gasteiger partial charge on any atom is -0.494 e. The van der Waals surface area contributed by atoms with Crippen molar-refractivity contribution in [3.05, 3.63) is 58.7 Å². The van der Waals surface area contributed by atoms with Crippen LogP contribution in [0.15, 0.2) is 42.6 Å². The fourth-order valence-corrected chi connectivity index (χ4v) is 2.62. The molecule has 0 bridgehead atoms. The van der Waals surface area contributed by atoms with E-state index in [1.165, 1.54) is 6.07 Å². The van der Waals surface area contributed by atoms with E-state index in [4.69, 9.17) is 21.1 Å². The molecule has 1 aliphatic heterocycles. The lowest BCUT2D eigenvalue weighted by Gasteiger charge is -2.26. The van der Waals surface area contributed by atoms with Crippen LogP contribution in [0.4, 0.5) is 18.9 Å². The summed E-state index contributed by atoms with van der Waals surface area (Å²) in [5.41, 5.74) is 3.87. The van der Waals surface area contributed by atoms with Gasteiger partial charge < -0.3 is 9.47 Å². The second kappa shape index (κ2) is 6.40. The molecule has 0 aliphatic carbocycles. The van der Waals surface area contributed by atoms with Crippen molar-refractivity contribution in [2.75, 3.05) is 19.6 Å². The number of ether oxygens (including phenoxy) is 2. The molecule has 0 radical (unpaired) electrons. The summed E-state index contributed by atoms with van der Waals surface area (Å²) in [6, 6.07) is 8.16. The van der Waals surface area contributed by atoms with Crippen molar-refractivity contribution in [1.82, 2.24) is 5.01 Å². The monoisotopic (exact) mass is 370 g/mol. The number of nitrogens with zero attached hydrogens (tertiary/aromatic N) is 1. The number of halogens is 4. The van der Waals surface area contributed by atoms with Gasteiger partial charge in [0.15, 0.2) is 0 Å². The zero-order chi connectivity index (χ0) is 18.2. The van der Waals surface area contributed by atoms with Crippen molar-refractivity contribution >= 4 is 23.0 Å². The average molecular weight is 371 g/mol. The lowest BCUT2D eigenvalue weighted by molar-refractivity contribution is -0.137. The largest absolute Gasteiger partial charge is 0.494 e. The Morgan fingerprint density at radius 1 is 1.12 bits per heavy atom. The van der Waals surface area contributed by atoms with Gasteiger partial charge >= 0.3 is 6.18 Å². The summed E-state index contributed by atoms with van der Waals surface area (Å²) in [4.78, 5) is 0. The molecule has 1 heterocycles. The van der Waals surface area contributed by atoms with E-state index in [1.54, 1.807) is 36.5 Å². The van der Waals surface area contributed by atoms with Crippen molar-refractivity contribution in [1.29, 1.82) is 0 Å². The van der Waals surface area contributed by atoms with Gasteiger partial charge in [-0.25, -0.2) is 0 Å². The molecule has 0 spiro atoms. The second-order valence-electron chi connectivity index (χ2n) is 5.37. The molecule has 0 aromatic heterocycles. The Hall–Kier alpha value is -2.54. The summed E-state index contributed by atoms with van der Waals surface area (Å²) < 4.78 is 49.1. The van der Waals surface area contributed by atoms with Gasteiger partial charge in [0.2, 0.25) is 0 Å². The number of benzene rings is 2. The maximum atomic E-state index is 12.7. The summed E-state index contributed by atoms with van der Waals surface area (Å²) >= 11 is 5.92. The predicted molar refractivity (Wildman–Crippen MR) is 89.3 cm³/mol. The molecular formula is C17H14ClF3N2O2. The number of methoxy groups -OCH3 is 1. The highest BCUT2D eigenvalue weighted by molar-refractivity contribution is 6.32. The normalized spacial score (nSPS) is 13.7. The first kappa shape index (κ1) is 17.3. The topological polar surface area (TPSA) is 33.7 Å². The van der Waals surface area contributed by atoms with E-state index < -0.39 is 11.7 Å². The predicted octanol–water partition coefficient (Wildman–Crippen LogP) is 5.37.